The van der Waals surface area contributed by atoms with Gasteiger partial charge in [-0.2, -0.15) is 0 Å². The van der Waals surface area contributed by atoms with Crippen LogP contribution in [0.15, 0.2) is 0 Å². The molecule has 0 heterocycles. The third kappa shape index (κ3) is 3.77. The Bertz CT molecular complexity index is 189. The fourth-order valence-electron chi connectivity index (χ4n) is 1.53. The summed E-state index contributed by atoms with van der Waals surface area (Å²) in [7, 11) is 0. The lowest BCUT2D eigenvalue weighted by atomic mass is 10.1. The molecule has 1 saturated carbocycles. The van der Waals surface area contributed by atoms with Crippen LogP contribution in [0.5, 0.6) is 0 Å². The molecule has 0 aromatic rings. The Morgan fingerprint density at radius 3 is 2.54 bits per heavy atom. The second-order valence-electron chi connectivity index (χ2n) is 4.58. The van der Waals surface area contributed by atoms with Crippen molar-refractivity contribution in [1.82, 2.24) is 10.6 Å². The van der Waals surface area contributed by atoms with Crippen LogP contribution in [-0.4, -0.2) is 25.5 Å². The summed E-state index contributed by atoms with van der Waals surface area (Å²) in [6, 6.07) is 0. The highest BCUT2D eigenvalue weighted by atomic mass is 16.1. The molecule has 1 aliphatic carbocycles. The summed E-state index contributed by atoms with van der Waals surface area (Å²) in [6.07, 6.45) is 1.33. The van der Waals surface area contributed by atoms with Crippen LogP contribution in [0, 0.1) is 11.3 Å². The predicted octanol–water partition coefficient (Wildman–Crippen LogP) is 0.758. The van der Waals surface area contributed by atoms with Gasteiger partial charge in [-0.1, -0.05) is 13.8 Å². The first-order valence-electron chi connectivity index (χ1n) is 4.97. The Labute approximate surface area is 80.3 Å². The third-order valence-electron chi connectivity index (χ3n) is 2.78. The first kappa shape index (κ1) is 10.5. The molecule has 0 spiro atoms. The molecular weight excluding hydrogens is 164 g/mol. The molecule has 1 atom stereocenters. The lowest BCUT2D eigenvalue weighted by Crippen LogP contribution is -2.31. The largest absolute Gasteiger partial charge is 0.355 e. The summed E-state index contributed by atoms with van der Waals surface area (Å²) in [6.45, 7) is 8.85. The fourth-order valence-corrected chi connectivity index (χ4v) is 1.53. The molecule has 0 aromatic carbocycles. The van der Waals surface area contributed by atoms with Crippen LogP contribution in [0.25, 0.3) is 0 Å². The molecule has 1 amide bonds. The van der Waals surface area contributed by atoms with E-state index in [1.807, 2.05) is 0 Å². The molecular formula is C10H20N2O. The van der Waals surface area contributed by atoms with Gasteiger partial charge in [0, 0.05) is 20.0 Å². The fraction of sp³-hybridized carbons (Fsp3) is 0.900. The molecule has 1 aliphatic rings. The summed E-state index contributed by atoms with van der Waals surface area (Å²) in [5.74, 6) is 0.887. The van der Waals surface area contributed by atoms with Crippen molar-refractivity contribution in [1.29, 1.82) is 0 Å². The quantitative estimate of drug-likeness (QED) is 0.619. The van der Waals surface area contributed by atoms with Crippen LogP contribution < -0.4 is 10.6 Å². The summed E-state index contributed by atoms with van der Waals surface area (Å²) in [5.41, 5.74) is 0.557. The van der Waals surface area contributed by atoms with Gasteiger partial charge in [0.1, 0.15) is 0 Å². The molecule has 1 unspecified atom stereocenters. The van der Waals surface area contributed by atoms with E-state index >= 15 is 0 Å². The second kappa shape index (κ2) is 4.09. The van der Waals surface area contributed by atoms with E-state index < -0.39 is 0 Å². The molecule has 76 valence electrons. The van der Waals surface area contributed by atoms with Crippen molar-refractivity contribution in [2.75, 3.05) is 19.6 Å². The van der Waals surface area contributed by atoms with E-state index in [-0.39, 0.29) is 5.91 Å². The Kier molecular flexibility index (Phi) is 3.31. The monoisotopic (exact) mass is 184 g/mol. The van der Waals surface area contributed by atoms with Crippen molar-refractivity contribution in [3.63, 3.8) is 0 Å². The first-order chi connectivity index (χ1) is 6.02. The van der Waals surface area contributed by atoms with Crippen molar-refractivity contribution >= 4 is 5.91 Å². The zero-order chi connectivity index (χ0) is 9.90. The number of carbonyl (C=O) groups excluding carboxylic acids is 1. The lowest BCUT2D eigenvalue weighted by Gasteiger charge is -2.06. The molecule has 1 rings (SSSR count). The minimum absolute atomic E-state index is 0.0496. The highest BCUT2D eigenvalue weighted by Gasteiger charge is 2.44. The van der Waals surface area contributed by atoms with E-state index in [0.717, 1.165) is 25.6 Å². The van der Waals surface area contributed by atoms with Gasteiger partial charge >= 0.3 is 0 Å². The maximum atomic E-state index is 10.5. The van der Waals surface area contributed by atoms with Crippen LogP contribution >= 0.6 is 0 Å². The van der Waals surface area contributed by atoms with Gasteiger partial charge in [0.25, 0.3) is 0 Å². The Hall–Kier alpha value is -0.570. The van der Waals surface area contributed by atoms with Crippen molar-refractivity contribution < 1.29 is 4.79 Å². The predicted molar refractivity (Wildman–Crippen MR) is 53.4 cm³/mol. The van der Waals surface area contributed by atoms with Gasteiger partial charge in [-0.05, 0) is 24.3 Å². The minimum Gasteiger partial charge on any atom is -0.355 e. The lowest BCUT2D eigenvalue weighted by molar-refractivity contribution is -0.118. The van der Waals surface area contributed by atoms with E-state index in [9.17, 15) is 4.79 Å². The van der Waals surface area contributed by atoms with Gasteiger partial charge < -0.3 is 10.6 Å². The Morgan fingerprint density at radius 1 is 1.46 bits per heavy atom. The van der Waals surface area contributed by atoms with Crippen molar-refractivity contribution in [3.8, 4) is 0 Å². The van der Waals surface area contributed by atoms with Crippen molar-refractivity contribution in [3.05, 3.63) is 0 Å². The van der Waals surface area contributed by atoms with Crippen LogP contribution in [0.3, 0.4) is 0 Å². The number of hydrogen-bond donors (Lipinski definition) is 2. The average molecular weight is 184 g/mol. The number of nitrogens with one attached hydrogen (secondary N) is 2. The summed E-state index contributed by atoms with van der Waals surface area (Å²) < 4.78 is 0. The molecule has 1 fully saturated rings. The maximum Gasteiger partial charge on any atom is 0.216 e. The second-order valence-corrected chi connectivity index (χ2v) is 4.58. The molecule has 0 bridgehead atoms. The Balaban J connectivity index is 1.88. The van der Waals surface area contributed by atoms with E-state index in [2.05, 4.69) is 24.5 Å². The van der Waals surface area contributed by atoms with Crippen LogP contribution in [-0.2, 0) is 4.79 Å². The van der Waals surface area contributed by atoms with Gasteiger partial charge in [0.15, 0.2) is 0 Å². The summed E-state index contributed by atoms with van der Waals surface area (Å²) >= 11 is 0. The molecule has 2 N–H and O–H groups in total. The standard InChI is InChI=1S/C10H20N2O/c1-8(13)12-5-4-11-7-9-6-10(9,2)3/h9,11H,4-7H2,1-3H3,(H,12,13). The molecule has 3 heteroatoms. The van der Waals surface area contributed by atoms with Gasteiger partial charge in [0.2, 0.25) is 5.91 Å². The molecule has 0 aromatic heterocycles. The van der Waals surface area contributed by atoms with Gasteiger partial charge in [-0.15, -0.1) is 0 Å². The molecule has 0 aliphatic heterocycles. The highest BCUT2D eigenvalue weighted by molar-refractivity contribution is 5.72. The molecule has 0 radical (unpaired) electrons. The van der Waals surface area contributed by atoms with E-state index in [1.165, 1.54) is 6.42 Å². The molecule has 3 nitrogen and oxygen atoms in total. The number of hydrogen-bond acceptors (Lipinski definition) is 2. The van der Waals surface area contributed by atoms with E-state index in [0.29, 0.717) is 5.41 Å². The van der Waals surface area contributed by atoms with Gasteiger partial charge in [-0.25, -0.2) is 0 Å². The SMILES string of the molecule is CC(=O)NCCNCC1CC1(C)C. The first-order valence-corrected chi connectivity index (χ1v) is 4.97. The molecule has 0 saturated heterocycles. The zero-order valence-electron chi connectivity index (χ0n) is 8.81. The number of rotatable bonds is 5. The highest BCUT2D eigenvalue weighted by Crippen LogP contribution is 2.50. The average Bonchev–Trinajstić information content (AvgIpc) is 2.58. The van der Waals surface area contributed by atoms with Gasteiger partial charge in [0.05, 0.1) is 0 Å². The van der Waals surface area contributed by atoms with Gasteiger partial charge in [-0.3, -0.25) is 4.79 Å². The third-order valence-corrected chi connectivity index (χ3v) is 2.78. The minimum atomic E-state index is 0.0496. The smallest absolute Gasteiger partial charge is 0.216 e. The molecule has 13 heavy (non-hydrogen) atoms. The normalized spacial score (nSPS) is 24.1. The van der Waals surface area contributed by atoms with Crippen LogP contribution in [0.1, 0.15) is 27.2 Å². The maximum absolute atomic E-state index is 10.5. The van der Waals surface area contributed by atoms with E-state index in [4.69, 9.17) is 0 Å². The van der Waals surface area contributed by atoms with E-state index in [1.54, 1.807) is 6.92 Å². The summed E-state index contributed by atoms with van der Waals surface area (Å²) in [4.78, 5) is 10.5. The Morgan fingerprint density at radius 2 is 2.08 bits per heavy atom. The summed E-state index contributed by atoms with van der Waals surface area (Å²) in [5, 5.41) is 6.10. The number of amides is 1. The number of carbonyl (C=O) groups is 1. The van der Waals surface area contributed by atoms with Crippen LogP contribution in [0.4, 0.5) is 0 Å². The van der Waals surface area contributed by atoms with Crippen molar-refractivity contribution in [2.24, 2.45) is 11.3 Å². The topological polar surface area (TPSA) is 41.1 Å². The van der Waals surface area contributed by atoms with Crippen LogP contribution in [0.2, 0.25) is 0 Å². The zero-order valence-corrected chi connectivity index (χ0v) is 8.81. The van der Waals surface area contributed by atoms with Crippen molar-refractivity contribution in [2.45, 2.75) is 27.2 Å².